The van der Waals surface area contributed by atoms with E-state index in [4.69, 9.17) is 4.74 Å². The zero-order valence-corrected chi connectivity index (χ0v) is 10.6. The van der Waals surface area contributed by atoms with Crippen molar-refractivity contribution >= 4 is 0 Å². The standard InChI is InChI=1S/C14H19F2NO/c1-10(14-12(15)3-2-4-13(14)16)17-7-5-11-6-8-18-9-11/h2-4,10-11,17H,5-9H2,1H3. The third-order valence-electron chi connectivity index (χ3n) is 3.46. The first-order valence-electron chi connectivity index (χ1n) is 6.43. The molecule has 18 heavy (non-hydrogen) atoms. The molecule has 100 valence electrons. The van der Waals surface area contributed by atoms with Crippen LogP contribution in [0.25, 0.3) is 0 Å². The largest absolute Gasteiger partial charge is 0.381 e. The maximum Gasteiger partial charge on any atom is 0.130 e. The van der Waals surface area contributed by atoms with Gasteiger partial charge in [0.05, 0.1) is 0 Å². The van der Waals surface area contributed by atoms with Crippen LogP contribution in [0.5, 0.6) is 0 Å². The molecule has 2 unspecified atom stereocenters. The van der Waals surface area contributed by atoms with Gasteiger partial charge >= 0.3 is 0 Å². The first-order chi connectivity index (χ1) is 8.68. The van der Waals surface area contributed by atoms with Crippen LogP contribution in [0.1, 0.15) is 31.4 Å². The van der Waals surface area contributed by atoms with Crippen LogP contribution in [0.3, 0.4) is 0 Å². The molecule has 1 N–H and O–H groups in total. The summed E-state index contributed by atoms with van der Waals surface area (Å²) < 4.78 is 32.3. The topological polar surface area (TPSA) is 21.3 Å². The summed E-state index contributed by atoms with van der Waals surface area (Å²) in [6.45, 7) is 4.18. The van der Waals surface area contributed by atoms with Gasteiger partial charge in [-0.15, -0.1) is 0 Å². The zero-order valence-electron chi connectivity index (χ0n) is 10.6. The van der Waals surface area contributed by atoms with Crippen molar-refractivity contribution < 1.29 is 13.5 Å². The van der Waals surface area contributed by atoms with E-state index in [9.17, 15) is 8.78 Å². The summed E-state index contributed by atoms with van der Waals surface area (Å²) in [5.41, 5.74) is 0.125. The average Bonchev–Trinajstić information content (AvgIpc) is 2.82. The molecule has 1 fully saturated rings. The highest BCUT2D eigenvalue weighted by atomic mass is 19.1. The van der Waals surface area contributed by atoms with Crippen LogP contribution in [-0.4, -0.2) is 19.8 Å². The van der Waals surface area contributed by atoms with Gasteiger partial charge < -0.3 is 10.1 Å². The van der Waals surface area contributed by atoms with Crippen LogP contribution in [-0.2, 0) is 4.74 Å². The molecule has 2 nitrogen and oxygen atoms in total. The highest BCUT2D eigenvalue weighted by Gasteiger charge is 2.18. The van der Waals surface area contributed by atoms with Gasteiger partial charge in [0.25, 0.3) is 0 Å². The Hall–Kier alpha value is -1.00. The monoisotopic (exact) mass is 255 g/mol. The summed E-state index contributed by atoms with van der Waals surface area (Å²) in [6.07, 6.45) is 2.07. The van der Waals surface area contributed by atoms with Gasteiger partial charge in [-0.05, 0) is 44.4 Å². The molecule has 0 saturated carbocycles. The van der Waals surface area contributed by atoms with Crippen molar-refractivity contribution in [3.8, 4) is 0 Å². The molecule has 2 rings (SSSR count). The first kappa shape index (κ1) is 13.4. The quantitative estimate of drug-likeness (QED) is 0.873. The van der Waals surface area contributed by atoms with Gasteiger partial charge in [0, 0.05) is 24.8 Å². The molecular weight excluding hydrogens is 236 g/mol. The number of benzene rings is 1. The lowest BCUT2D eigenvalue weighted by molar-refractivity contribution is 0.184. The Morgan fingerprint density at radius 3 is 2.72 bits per heavy atom. The minimum atomic E-state index is -0.487. The molecule has 0 aliphatic carbocycles. The van der Waals surface area contributed by atoms with Gasteiger partial charge in [-0.25, -0.2) is 8.78 Å². The Morgan fingerprint density at radius 2 is 2.11 bits per heavy atom. The van der Waals surface area contributed by atoms with E-state index in [0.717, 1.165) is 32.6 Å². The number of nitrogens with one attached hydrogen (secondary N) is 1. The van der Waals surface area contributed by atoms with Gasteiger partial charge in [0.15, 0.2) is 0 Å². The highest BCUT2D eigenvalue weighted by Crippen LogP contribution is 2.21. The van der Waals surface area contributed by atoms with E-state index in [1.807, 2.05) is 0 Å². The van der Waals surface area contributed by atoms with Crippen LogP contribution in [0.4, 0.5) is 8.78 Å². The predicted octanol–water partition coefficient (Wildman–Crippen LogP) is 3.04. The van der Waals surface area contributed by atoms with Crippen molar-refractivity contribution in [3.63, 3.8) is 0 Å². The Balaban J connectivity index is 1.85. The van der Waals surface area contributed by atoms with Gasteiger partial charge in [-0.3, -0.25) is 0 Å². The number of rotatable bonds is 5. The van der Waals surface area contributed by atoms with E-state index >= 15 is 0 Å². The third-order valence-corrected chi connectivity index (χ3v) is 3.46. The van der Waals surface area contributed by atoms with E-state index in [1.54, 1.807) is 6.92 Å². The second-order valence-electron chi connectivity index (χ2n) is 4.83. The van der Waals surface area contributed by atoms with Gasteiger partial charge in [-0.1, -0.05) is 6.07 Å². The van der Waals surface area contributed by atoms with E-state index in [2.05, 4.69) is 5.32 Å². The van der Waals surface area contributed by atoms with Crippen LogP contribution in [0, 0.1) is 17.6 Å². The maximum absolute atomic E-state index is 13.5. The number of hydrogen-bond acceptors (Lipinski definition) is 2. The third kappa shape index (κ3) is 3.27. The fourth-order valence-corrected chi connectivity index (χ4v) is 2.34. The lowest BCUT2D eigenvalue weighted by atomic mass is 10.0. The molecule has 1 aromatic rings. The van der Waals surface area contributed by atoms with Crippen LogP contribution in [0.2, 0.25) is 0 Å². The molecule has 1 heterocycles. The van der Waals surface area contributed by atoms with Gasteiger partial charge in [0.1, 0.15) is 11.6 Å². The lowest BCUT2D eigenvalue weighted by Crippen LogP contribution is -2.23. The summed E-state index contributed by atoms with van der Waals surface area (Å²) in [7, 11) is 0. The SMILES string of the molecule is CC(NCCC1CCOC1)c1c(F)cccc1F. The summed E-state index contributed by atoms with van der Waals surface area (Å²) >= 11 is 0. The fraction of sp³-hybridized carbons (Fsp3) is 0.571. The Bertz CT molecular complexity index is 371. The summed E-state index contributed by atoms with van der Waals surface area (Å²) in [4.78, 5) is 0. The fourth-order valence-electron chi connectivity index (χ4n) is 2.34. The Labute approximate surface area is 106 Å². The number of ether oxygens (including phenoxy) is 1. The normalized spacial score (nSPS) is 21.2. The van der Waals surface area contributed by atoms with Crippen molar-refractivity contribution in [3.05, 3.63) is 35.4 Å². The number of hydrogen-bond donors (Lipinski definition) is 1. The van der Waals surface area contributed by atoms with Crippen molar-refractivity contribution in [2.24, 2.45) is 5.92 Å². The van der Waals surface area contributed by atoms with Crippen LogP contribution < -0.4 is 5.32 Å². The summed E-state index contributed by atoms with van der Waals surface area (Å²) in [5.74, 6) is -0.395. The predicted molar refractivity (Wildman–Crippen MR) is 66.3 cm³/mol. The molecule has 0 radical (unpaired) electrons. The van der Waals surface area contributed by atoms with E-state index in [0.29, 0.717) is 5.92 Å². The molecular formula is C14H19F2NO. The lowest BCUT2D eigenvalue weighted by Gasteiger charge is -2.17. The van der Waals surface area contributed by atoms with Crippen LogP contribution in [0.15, 0.2) is 18.2 Å². The molecule has 4 heteroatoms. The van der Waals surface area contributed by atoms with Gasteiger partial charge in [0.2, 0.25) is 0 Å². The van der Waals surface area contributed by atoms with Crippen molar-refractivity contribution in [1.82, 2.24) is 5.32 Å². The molecule has 2 atom stereocenters. The highest BCUT2D eigenvalue weighted by molar-refractivity contribution is 5.22. The molecule has 0 spiro atoms. The van der Waals surface area contributed by atoms with E-state index < -0.39 is 11.6 Å². The molecule has 1 aromatic carbocycles. The van der Waals surface area contributed by atoms with Crippen LogP contribution >= 0.6 is 0 Å². The maximum atomic E-state index is 13.5. The van der Waals surface area contributed by atoms with Crippen molar-refractivity contribution in [2.45, 2.75) is 25.8 Å². The zero-order chi connectivity index (χ0) is 13.0. The second-order valence-corrected chi connectivity index (χ2v) is 4.83. The average molecular weight is 255 g/mol. The smallest absolute Gasteiger partial charge is 0.130 e. The second kappa shape index (κ2) is 6.25. The minimum absolute atomic E-state index is 0.125. The van der Waals surface area contributed by atoms with E-state index in [1.165, 1.54) is 18.2 Å². The summed E-state index contributed by atoms with van der Waals surface area (Å²) in [6, 6.07) is 3.66. The van der Waals surface area contributed by atoms with E-state index in [-0.39, 0.29) is 11.6 Å². The van der Waals surface area contributed by atoms with Crippen molar-refractivity contribution in [1.29, 1.82) is 0 Å². The number of halogens is 2. The minimum Gasteiger partial charge on any atom is -0.381 e. The van der Waals surface area contributed by atoms with Crippen molar-refractivity contribution in [2.75, 3.05) is 19.8 Å². The summed E-state index contributed by atoms with van der Waals surface area (Å²) in [5, 5.41) is 3.17. The first-order valence-corrected chi connectivity index (χ1v) is 6.43. The molecule has 0 bridgehead atoms. The van der Waals surface area contributed by atoms with Gasteiger partial charge in [-0.2, -0.15) is 0 Å². The Morgan fingerprint density at radius 1 is 1.39 bits per heavy atom. The molecule has 0 amide bonds. The molecule has 0 aromatic heterocycles. The Kier molecular flexibility index (Phi) is 4.66. The molecule has 1 saturated heterocycles. The molecule has 1 aliphatic rings. The molecule has 1 aliphatic heterocycles.